The first-order valence-corrected chi connectivity index (χ1v) is 6.12. The van der Waals surface area contributed by atoms with Gasteiger partial charge in [0.05, 0.1) is 6.04 Å². The number of carbonyl (C=O) groups is 2. The summed E-state index contributed by atoms with van der Waals surface area (Å²) in [6, 6.07) is 7.41. The molecule has 1 amide bonds. The lowest BCUT2D eigenvalue weighted by Gasteiger charge is -2.14. The number of carboxylic acids is 1. The van der Waals surface area contributed by atoms with Crippen molar-refractivity contribution in [3.05, 3.63) is 34.3 Å². The van der Waals surface area contributed by atoms with Crippen LogP contribution >= 0.6 is 15.9 Å². The summed E-state index contributed by atoms with van der Waals surface area (Å²) in [7, 11) is 0. The van der Waals surface area contributed by atoms with Crippen molar-refractivity contribution in [2.45, 2.75) is 13.0 Å². The highest BCUT2D eigenvalue weighted by atomic mass is 79.9. The fourth-order valence-electron chi connectivity index (χ4n) is 1.37. The quantitative estimate of drug-likeness (QED) is 0.838. The van der Waals surface area contributed by atoms with Crippen molar-refractivity contribution in [1.82, 2.24) is 5.32 Å². The van der Waals surface area contributed by atoms with Crippen LogP contribution in [-0.4, -0.2) is 30.2 Å². The molecule has 2 N–H and O–H groups in total. The largest absolute Gasteiger partial charge is 0.480 e. The molecular formula is C12H14BrNO4. The molecule has 1 unspecified atom stereocenters. The first-order chi connectivity index (χ1) is 8.49. The maximum atomic E-state index is 11.5. The molecular weight excluding hydrogens is 302 g/mol. The zero-order valence-electron chi connectivity index (χ0n) is 9.85. The average Bonchev–Trinajstić information content (AvgIpc) is 2.28. The minimum atomic E-state index is -1.09. The number of carboxylic acid groups (broad SMARTS) is 1. The third-order valence-corrected chi connectivity index (χ3v) is 2.68. The van der Waals surface area contributed by atoms with Crippen molar-refractivity contribution in [2.75, 3.05) is 13.2 Å². The standard InChI is InChI=1S/C12H14BrNO4/c1-8(9-3-2-4-10(13)5-9)14-11(15)6-18-7-12(16)17/h2-5,8H,6-7H2,1H3,(H,14,15)(H,16,17). The smallest absolute Gasteiger partial charge is 0.329 e. The van der Waals surface area contributed by atoms with Gasteiger partial charge in [-0.3, -0.25) is 4.79 Å². The Bertz CT molecular complexity index is 436. The summed E-state index contributed by atoms with van der Waals surface area (Å²) in [6.45, 7) is 1.11. The van der Waals surface area contributed by atoms with E-state index in [9.17, 15) is 9.59 Å². The van der Waals surface area contributed by atoms with Gasteiger partial charge in [0.25, 0.3) is 0 Å². The van der Waals surface area contributed by atoms with Gasteiger partial charge in [-0.25, -0.2) is 4.79 Å². The maximum Gasteiger partial charge on any atom is 0.329 e. The Morgan fingerprint density at radius 3 is 2.78 bits per heavy atom. The molecule has 0 saturated carbocycles. The summed E-state index contributed by atoms with van der Waals surface area (Å²) in [5.41, 5.74) is 0.955. The summed E-state index contributed by atoms with van der Waals surface area (Å²) in [6.07, 6.45) is 0. The van der Waals surface area contributed by atoms with E-state index < -0.39 is 12.6 Å². The van der Waals surface area contributed by atoms with Gasteiger partial charge in [-0.05, 0) is 24.6 Å². The van der Waals surface area contributed by atoms with Gasteiger partial charge < -0.3 is 15.2 Å². The predicted molar refractivity (Wildman–Crippen MR) is 69.2 cm³/mol. The van der Waals surface area contributed by atoms with Crippen molar-refractivity contribution in [3.63, 3.8) is 0 Å². The Kier molecular flexibility index (Phi) is 5.80. The van der Waals surface area contributed by atoms with Gasteiger partial charge in [0.1, 0.15) is 13.2 Å². The van der Waals surface area contributed by atoms with Crippen LogP contribution in [0.2, 0.25) is 0 Å². The molecule has 5 nitrogen and oxygen atoms in total. The molecule has 1 atom stereocenters. The van der Waals surface area contributed by atoms with Gasteiger partial charge in [0.2, 0.25) is 5.91 Å². The topological polar surface area (TPSA) is 75.6 Å². The Hall–Kier alpha value is -1.40. The molecule has 0 aliphatic heterocycles. The number of halogens is 1. The Morgan fingerprint density at radius 2 is 2.17 bits per heavy atom. The van der Waals surface area contributed by atoms with Crippen LogP contribution in [0, 0.1) is 0 Å². The Labute approximate surface area is 113 Å². The molecule has 0 spiro atoms. The lowest BCUT2D eigenvalue weighted by molar-refractivity contribution is -0.143. The molecule has 1 aromatic carbocycles. The van der Waals surface area contributed by atoms with Crippen LogP contribution in [0.1, 0.15) is 18.5 Å². The van der Waals surface area contributed by atoms with Crippen molar-refractivity contribution in [2.24, 2.45) is 0 Å². The van der Waals surface area contributed by atoms with E-state index in [0.717, 1.165) is 10.0 Å². The first kappa shape index (κ1) is 14.7. The van der Waals surface area contributed by atoms with Gasteiger partial charge in [-0.15, -0.1) is 0 Å². The molecule has 0 saturated heterocycles. The van der Waals surface area contributed by atoms with E-state index in [-0.39, 0.29) is 18.6 Å². The molecule has 0 aromatic heterocycles. The van der Waals surface area contributed by atoms with E-state index in [1.807, 2.05) is 31.2 Å². The first-order valence-electron chi connectivity index (χ1n) is 5.33. The average molecular weight is 316 g/mol. The monoisotopic (exact) mass is 315 g/mol. The molecule has 0 heterocycles. The Morgan fingerprint density at radius 1 is 1.44 bits per heavy atom. The molecule has 0 bridgehead atoms. The highest BCUT2D eigenvalue weighted by molar-refractivity contribution is 9.10. The predicted octanol–water partition coefficient (Wildman–Crippen LogP) is 1.73. The van der Waals surface area contributed by atoms with Gasteiger partial charge in [-0.2, -0.15) is 0 Å². The van der Waals surface area contributed by atoms with Crippen LogP contribution in [0.3, 0.4) is 0 Å². The summed E-state index contributed by atoms with van der Waals surface area (Å²) >= 11 is 3.35. The summed E-state index contributed by atoms with van der Waals surface area (Å²) in [5, 5.41) is 11.1. The van der Waals surface area contributed by atoms with Crippen molar-refractivity contribution in [1.29, 1.82) is 0 Å². The van der Waals surface area contributed by atoms with Crippen molar-refractivity contribution < 1.29 is 19.4 Å². The molecule has 6 heteroatoms. The van der Waals surface area contributed by atoms with Crippen LogP contribution in [0.5, 0.6) is 0 Å². The number of benzene rings is 1. The Balaban J connectivity index is 2.42. The van der Waals surface area contributed by atoms with E-state index in [0.29, 0.717) is 0 Å². The number of ether oxygens (including phenoxy) is 1. The minimum Gasteiger partial charge on any atom is -0.480 e. The third kappa shape index (κ3) is 5.29. The molecule has 18 heavy (non-hydrogen) atoms. The van der Waals surface area contributed by atoms with E-state index >= 15 is 0 Å². The van der Waals surface area contributed by atoms with E-state index in [4.69, 9.17) is 9.84 Å². The number of rotatable bonds is 6. The van der Waals surface area contributed by atoms with Crippen LogP contribution in [0.15, 0.2) is 28.7 Å². The van der Waals surface area contributed by atoms with E-state index in [1.54, 1.807) is 0 Å². The fourth-order valence-corrected chi connectivity index (χ4v) is 1.79. The number of hydrogen-bond acceptors (Lipinski definition) is 3. The number of aliphatic carboxylic acids is 1. The zero-order chi connectivity index (χ0) is 13.5. The van der Waals surface area contributed by atoms with Crippen LogP contribution in [0.25, 0.3) is 0 Å². The third-order valence-electron chi connectivity index (χ3n) is 2.18. The van der Waals surface area contributed by atoms with E-state index in [1.165, 1.54) is 0 Å². The summed E-state index contributed by atoms with van der Waals surface area (Å²) < 4.78 is 5.63. The number of hydrogen-bond donors (Lipinski definition) is 2. The summed E-state index contributed by atoms with van der Waals surface area (Å²) in [5.74, 6) is -1.44. The fraction of sp³-hybridized carbons (Fsp3) is 0.333. The van der Waals surface area contributed by atoms with Gasteiger partial charge in [-0.1, -0.05) is 28.1 Å². The number of amides is 1. The molecule has 98 valence electrons. The SMILES string of the molecule is CC(NC(=O)COCC(=O)O)c1cccc(Br)c1. The van der Waals surface area contributed by atoms with Crippen LogP contribution in [-0.2, 0) is 14.3 Å². The molecule has 1 aromatic rings. The second-order valence-electron chi connectivity index (χ2n) is 3.73. The minimum absolute atomic E-state index is 0.163. The highest BCUT2D eigenvalue weighted by Crippen LogP contribution is 2.17. The summed E-state index contributed by atoms with van der Waals surface area (Å²) in [4.78, 5) is 21.7. The molecule has 0 aliphatic carbocycles. The zero-order valence-corrected chi connectivity index (χ0v) is 11.4. The second-order valence-corrected chi connectivity index (χ2v) is 4.65. The maximum absolute atomic E-state index is 11.5. The van der Waals surface area contributed by atoms with Crippen LogP contribution in [0.4, 0.5) is 0 Å². The van der Waals surface area contributed by atoms with Gasteiger partial charge in [0.15, 0.2) is 0 Å². The normalized spacial score (nSPS) is 11.9. The lowest BCUT2D eigenvalue weighted by Crippen LogP contribution is -2.30. The van der Waals surface area contributed by atoms with Crippen molar-refractivity contribution in [3.8, 4) is 0 Å². The molecule has 0 fully saturated rings. The van der Waals surface area contributed by atoms with Crippen LogP contribution < -0.4 is 5.32 Å². The molecule has 1 rings (SSSR count). The molecule has 0 aliphatic rings. The number of nitrogens with one attached hydrogen (secondary N) is 1. The van der Waals surface area contributed by atoms with E-state index in [2.05, 4.69) is 21.2 Å². The van der Waals surface area contributed by atoms with Crippen molar-refractivity contribution >= 4 is 27.8 Å². The molecule has 0 radical (unpaired) electrons. The highest BCUT2D eigenvalue weighted by Gasteiger charge is 2.10. The van der Waals surface area contributed by atoms with Gasteiger partial charge >= 0.3 is 5.97 Å². The lowest BCUT2D eigenvalue weighted by atomic mass is 10.1. The van der Waals surface area contributed by atoms with Gasteiger partial charge in [0, 0.05) is 4.47 Å². The second kappa shape index (κ2) is 7.13. The number of carbonyl (C=O) groups excluding carboxylic acids is 1.